The van der Waals surface area contributed by atoms with Crippen LogP contribution in [0.3, 0.4) is 0 Å². The van der Waals surface area contributed by atoms with Crippen molar-refractivity contribution in [1.29, 1.82) is 0 Å². The first-order chi connectivity index (χ1) is 11.0. The smallest absolute Gasteiger partial charge is 0.323 e. The first kappa shape index (κ1) is 21.3. The van der Waals surface area contributed by atoms with Crippen LogP contribution in [-0.2, 0) is 28.6 Å². The zero-order valence-electron chi connectivity index (χ0n) is 14.1. The summed E-state index contributed by atoms with van der Waals surface area (Å²) in [5, 5.41) is 3.02. The lowest BCUT2D eigenvalue weighted by molar-refractivity contribution is -0.147. The summed E-state index contributed by atoms with van der Waals surface area (Å²) < 4.78 is 14.4. The number of esters is 3. The van der Waals surface area contributed by atoms with E-state index in [1.165, 1.54) is 7.11 Å². The summed E-state index contributed by atoms with van der Waals surface area (Å²) in [6.45, 7) is 4.49. The molecule has 2 atom stereocenters. The second-order valence-corrected chi connectivity index (χ2v) is 4.87. The fraction of sp³-hybridized carbons (Fsp3) is 0.800. The van der Waals surface area contributed by atoms with Crippen LogP contribution in [0.1, 0.15) is 39.5 Å². The number of rotatable bonds is 12. The Bertz CT molecular complexity index is 375. The summed E-state index contributed by atoms with van der Waals surface area (Å²) >= 11 is 0. The molecule has 0 saturated heterocycles. The van der Waals surface area contributed by atoms with Gasteiger partial charge in [0.2, 0.25) is 0 Å². The van der Waals surface area contributed by atoms with Crippen LogP contribution >= 0.6 is 0 Å². The van der Waals surface area contributed by atoms with Gasteiger partial charge in [-0.15, -0.1) is 0 Å². The molecule has 0 aliphatic rings. The Morgan fingerprint density at radius 1 is 1.04 bits per heavy atom. The second-order valence-electron chi connectivity index (χ2n) is 4.87. The first-order valence-corrected chi connectivity index (χ1v) is 7.85. The Hall–Kier alpha value is -1.67. The van der Waals surface area contributed by atoms with Gasteiger partial charge in [0.15, 0.2) is 0 Å². The Kier molecular flexibility index (Phi) is 11.9. The van der Waals surface area contributed by atoms with E-state index in [0.717, 1.165) is 0 Å². The molecular weight excluding hydrogens is 304 g/mol. The SMILES string of the molecule is CCOC(=O)CCC(NCCC[C@H](N)C(=O)OC)C(=O)OCC. The van der Waals surface area contributed by atoms with Crippen molar-refractivity contribution in [1.82, 2.24) is 5.32 Å². The minimum atomic E-state index is -0.678. The summed E-state index contributed by atoms with van der Waals surface area (Å²) in [5.74, 6) is -1.22. The van der Waals surface area contributed by atoms with Crippen LogP contribution in [-0.4, -0.2) is 56.9 Å². The molecule has 0 aliphatic heterocycles. The van der Waals surface area contributed by atoms with E-state index in [4.69, 9.17) is 15.2 Å². The summed E-state index contributed by atoms with van der Waals surface area (Å²) in [4.78, 5) is 34.4. The molecule has 0 aliphatic carbocycles. The van der Waals surface area contributed by atoms with Gasteiger partial charge in [-0.2, -0.15) is 0 Å². The molecule has 8 nitrogen and oxygen atoms in total. The van der Waals surface area contributed by atoms with Crippen LogP contribution in [0, 0.1) is 0 Å². The van der Waals surface area contributed by atoms with Gasteiger partial charge in [0.25, 0.3) is 0 Å². The van der Waals surface area contributed by atoms with Gasteiger partial charge >= 0.3 is 17.9 Å². The van der Waals surface area contributed by atoms with E-state index < -0.39 is 24.0 Å². The van der Waals surface area contributed by atoms with Crippen molar-refractivity contribution in [2.45, 2.75) is 51.6 Å². The third kappa shape index (κ3) is 9.85. The van der Waals surface area contributed by atoms with Crippen molar-refractivity contribution in [3.63, 3.8) is 0 Å². The predicted octanol–water partition coefficient (Wildman–Crippen LogP) is 0.132. The normalized spacial score (nSPS) is 13.0. The van der Waals surface area contributed by atoms with E-state index in [2.05, 4.69) is 10.1 Å². The molecule has 23 heavy (non-hydrogen) atoms. The summed E-state index contributed by atoms with van der Waals surface area (Å²) in [5.41, 5.74) is 5.63. The number of nitrogens with two attached hydrogens (primary N) is 1. The minimum absolute atomic E-state index is 0.131. The largest absolute Gasteiger partial charge is 0.468 e. The van der Waals surface area contributed by atoms with E-state index in [1.54, 1.807) is 13.8 Å². The Balaban J connectivity index is 4.23. The standard InChI is InChI=1S/C15H28N2O6/c1-4-22-13(18)9-8-12(15(20)23-5-2)17-10-6-7-11(16)14(19)21-3/h11-12,17H,4-10,16H2,1-3H3/t11-,12?/m0/s1. The highest BCUT2D eigenvalue weighted by atomic mass is 16.5. The molecule has 1 unspecified atom stereocenters. The van der Waals surface area contributed by atoms with Gasteiger partial charge in [0.05, 0.1) is 20.3 Å². The third-order valence-electron chi connectivity index (χ3n) is 3.10. The van der Waals surface area contributed by atoms with Crippen molar-refractivity contribution < 1.29 is 28.6 Å². The number of hydrogen-bond acceptors (Lipinski definition) is 8. The fourth-order valence-corrected chi connectivity index (χ4v) is 1.91. The van der Waals surface area contributed by atoms with Gasteiger partial charge in [-0.05, 0) is 39.7 Å². The van der Waals surface area contributed by atoms with E-state index >= 15 is 0 Å². The monoisotopic (exact) mass is 332 g/mol. The fourth-order valence-electron chi connectivity index (χ4n) is 1.91. The number of hydrogen-bond donors (Lipinski definition) is 2. The zero-order valence-corrected chi connectivity index (χ0v) is 14.1. The van der Waals surface area contributed by atoms with Crippen LogP contribution in [0.4, 0.5) is 0 Å². The van der Waals surface area contributed by atoms with E-state index in [9.17, 15) is 14.4 Å². The number of methoxy groups -OCH3 is 1. The molecule has 0 spiro atoms. The van der Waals surface area contributed by atoms with Crippen molar-refractivity contribution in [2.75, 3.05) is 26.9 Å². The Labute approximate surface area is 137 Å². The first-order valence-electron chi connectivity index (χ1n) is 7.85. The highest BCUT2D eigenvalue weighted by Crippen LogP contribution is 2.04. The predicted molar refractivity (Wildman–Crippen MR) is 83.5 cm³/mol. The number of carbonyl (C=O) groups excluding carboxylic acids is 3. The van der Waals surface area contributed by atoms with Gasteiger partial charge in [-0.1, -0.05) is 0 Å². The molecular formula is C15H28N2O6. The van der Waals surface area contributed by atoms with Gasteiger partial charge in [0, 0.05) is 6.42 Å². The molecule has 0 aromatic carbocycles. The van der Waals surface area contributed by atoms with Gasteiger partial charge in [-0.25, -0.2) is 0 Å². The lowest BCUT2D eigenvalue weighted by atomic mass is 10.1. The molecule has 134 valence electrons. The molecule has 0 bridgehead atoms. The highest BCUT2D eigenvalue weighted by molar-refractivity contribution is 5.77. The van der Waals surface area contributed by atoms with Crippen LogP contribution in [0.2, 0.25) is 0 Å². The molecule has 0 fully saturated rings. The van der Waals surface area contributed by atoms with Crippen molar-refractivity contribution >= 4 is 17.9 Å². The van der Waals surface area contributed by atoms with Crippen LogP contribution < -0.4 is 11.1 Å². The quantitative estimate of drug-likeness (QED) is 0.294. The maximum atomic E-state index is 11.9. The minimum Gasteiger partial charge on any atom is -0.468 e. The van der Waals surface area contributed by atoms with Crippen molar-refractivity contribution in [2.24, 2.45) is 5.73 Å². The van der Waals surface area contributed by atoms with Crippen LogP contribution in [0.15, 0.2) is 0 Å². The second kappa shape index (κ2) is 12.8. The lowest BCUT2D eigenvalue weighted by Crippen LogP contribution is -2.40. The molecule has 0 heterocycles. The van der Waals surface area contributed by atoms with Crippen LogP contribution in [0.5, 0.6) is 0 Å². The van der Waals surface area contributed by atoms with E-state index in [0.29, 0.717) is 32.4 Å². The molecule has 0 amide bonds. The molecule has 0 aromatic heterocycles. The molecule has 3 N–H and O–H groups in total. The molecule has 8 heteroatoms. The lowest BCUT2D eigenvalue weighted by Gasteiger charge is -2.17. The molecule has 0 rings (SSSR count). The number of ether oxygens (including phenoxy) is 3. The number of carbonyl (C=O) groups is 3. The number of nitrogens with one attached hydrogen (secondary N) is 1. The highest BCUT2D eigenvalue weighted by Gasteiger charge is 2.21. The summed E-state index contributed by atoms with van der Waals surface area (Å²) in [6.07, 6.45) is 1.45. The van der Waals surface area contributed by atoms with E-state index in [-0.39, 0.29) is 19.0 Å². The summed E-state index contributed by atoms with van der Waals surface area (Å²) in [6, 6.07) is -1.27. The van der Waals surface area contributed by atoms with Crippen molar-refractivity contribution in [3.05, 3.63) is 0 Å². The van der Waals surface area contributed by atoms with Gasteiger partial charge in [0.1, 0.15) is 12.1 Å². The average molecular weight is 332 g/mol. The molecule has 0 aromatic rings. The molecule has 0 saturated carbocycles. The maximum absolute atomic E-state index is 11.9. The average Bonchev–Trinajstić information content (AvgIpc) is 2.53. The van der Waals surface area contributed by atoms with Gasteiger partial charge in [-0.3, -0.25) is 14.4 Å². The van der Waals surface area contributed by atoms with Gasteiger partial charge < -0.3 is 25.3 Å². The maximum Gasteiger partial charge on any atom is 0.323 e. The third-order valence-corrected chi connectivity index (χ3v) is 3.10. The molecule has 0 radical (unpaired) electrons. The van der Waals surface area contributed by atoms with Crippen molar-refractivity contribution in [3.8, 4) is 0 Å². The van der Waals surface area contributed by atoms with E-state index in [1.807, 2.05) is 0 Å². The van der Waals surface area contributed by atoms with Crippen LogP contribution in [0.25, 0.3) is 0 Å². The Morgan fingerprint density at radius 3 is 2.26 bits per heavy atom. The topological polar surface area (TPSA) is 117 Å². The Morgan fingerprint density at radius 2 is 1.70 bits per heavy atom. The summed E-state index contributed by atoms with van der Waals surface area (Å²) in [7, 11) is 1.28. The zero-order chi connectivity index (χ0) is 17.7.